The van der Waals surface area contributed by atoms with E-state index >= 15 is 0 Å². The molecule has 0 bridgehead atoms. The van der Waals surface area contributed by atoms with E-state index in [1.165, 1.54) is 17.5 Å². The van der Waals surface area contributed by atoms with Crippen molar-refractivity contribution in [3.8, 4) is 0 Å². The van der Waals surface area contributed by atoms with Crippen LogP contribution in [0.15, 0.2) is 24.3 Å². The summed E-state index contributed by atoms with van der Waals surface area (Å²) in [6.45, 7) is 0. The summed E-state index contributed by atoms with van der Waals surface area (Å²) in [4.78, 5) is 0. The second kappa shape index (κ2) is 2.88. The summed E-state index contributed by atoms with van der Waals surface area (Å²) in [7, 11) is 0. The molecule has 0 unspecified atom stereocenters. The Kier molecular flexibility index (Phi) is 1.88. The summed E-state index contributed by atoms with van der Waals surface area (Å²) in [6.07, 6.45) is 1.18. The number of rotatable bonds is 0. The molecule has 2 heteroatoms. The minimum atomic E-state index is 0.208. The molecule has 0 aromatic heterocycles. The van der Waals surface area contributed by atoms with Gasteiger partial charge < -0.3 is 5.73 Å². The minimum Gasteiger partial charge on any atom is -0.316 e. The Hall–Kier alpha value is -0.470. The first-order valence-electron chi connectivity index (χ1n) is 3.83. The zero-order valence-electron chi connectivity index (χ0n) is 6.29. The first-order chi connectivity index (χ1) is 5.38. The van der Waals surface area contributed by atoms with Crippen molar-refractivity contribution in [2.45, 2.75) is 11.8 Å². The Bertz CT molecular complexity index is 259. The van der Waals surface area contributed by atoms with Gasteiger partial charge in [0.2, 0.25) is 0 Å². The van der Waals surface area contributed by atoms with Crippen LogP contribution in [0.1, 0.15) is 16.5 Å². The van der Waals surface area contributed by atoms with Gasteiger partial charge in [-0.25, -0.2) is 0 Å². The Morgan fingerprint density at radius 1 is 1.36 bits per heavy atom. The monoisotopic (exact) mass is 165 g/mol. The Morgan fingerprint density at radius 3 is 3.00 bits per heavy atom. The molecule has 0 spiro atoms. The van der Waals surface area contributed by atoms with E-state index in [4.69, 9.17) is 5.73 Å². The van der Waals surface area contributed by atoms with Crippen LogP contribution in [-0.2, 0) is 6.42 Å². The number of fused-ring (bicyclic) bond motifs is 1. The molecule has 2 rings (SSSR count). The predicted octanol–water partition coefficient (Wildman–Crippen LogP) is 1.93. The van der Waals surface area contributed by atoms with Crippen molar-refractivity contribution in [3.05, 3.63) is 35.4 Å². The highest BCUT2D eigenvalue weighted by Crippen LogP contribution is 2.31. The van der Waals surface area contributed by atoms with Gasteiger partial charge in [-0.05, 0) is 23.3 Å². The third-order valence-electron chi connectivity index (χ3n) is 2.03. The maximum Gasteiger partial charge on any atom is 0.0767 e. The van der Waals surface area contributed by atoms with Crippen molar-refractivity contribution < 1.29 is 0 Å². The van der Waals surface area contributed by atoms with Crippen LogP contribution < -0.4 is 5.73 Å². The standard InChI is InChI=1S/C9H11NS/c10-9-8-4-2-1-3-7(8)5-6-11-9/h1-4,9H,5-6,10H2/t9-/m0/s1. The van der Waals surface area contributed by atoms with Crippen LogP contribution >= 0.6 is 11.8 Å². The molecule has 0 aliphatic carbocycles. The van der Waals surface area contributed by atoms with E-state index < -0.39 is 0 Å². The van der Waals surface area contributed by atoms with Gasteiger partial charge in [0.05, 0.1) is 5.37 Å². The molecule has 0 fully saturated rings. The van der Waals surface area contributed by atoms with Crippen molar-refractivity contribution in [1.82, 2.24) is 0 Å². The smallest absolute Gasteiger partial charge is 0.0767 e. The molecule has 1 nitrogen and oxygen atoms in total. The second-order valence-corrected chi connectivity index (χ2v) is 3.99. The average Bonchev–Trinajstić information content (AvgIpc) is 2.06. The van der Waals surface area contributed by atoms with E-state index in [1.807, 2.05) is 11.8 Å². The van der Waals surface area contributed by atoms with E-state index in [0.29, 0.717) is 0 Å². The lowest BCUT2D eigenvalue weighted by Gasteiger charge is -2.20. The van der Waals surface area contributed by atoms with Crippen LogP contribution in [0, 0.1) is 0 Å². The number of benzene rings is 1. The van der Waals surface area contributed by atoms with Crippen LogP contribution in [0.3, 0.4) is 0 Å². The van der Waals surface area contributed by atoms with Crippen molar-refractivity contribution in [3.63, 3.8) is 0 Å². The van der Waals surface area contributed by atoms with Crippen LogP contribution in [0.5, 0.6) is 0 Å². The first-order valence-corrected chi connectivity index (χ1v) is 4.88. The van der Waals surface area contributed by atoms with Gasteiger partial charge in [0.1, 0.15) is 0 Å². The maximum absolute atomic E-state index is 5.91. The SMILES string of the molecule is N[C@H]1SCCc2ccccc21. The molecule has 58 valence electrons. The van der Waals surface area contributed by atoms with Gasteiger partial charge in [-0.3, -0.25) is 0 Å². The lowest BCUT2D eigenvalue weighted by atomic mass is 10.1. The fourth-order valence-electron chi connectivity index (χ4n) is 1.43. The number of hydrogen-bond donors (Lipinski definition) is 1. The summed E-state index contributed by atoms with van der Waals surface area (Å²) in [5, 5.41) is 0.208. The zero-order chi connectivity index (χ0) is 7.68. The highest BCUT2D eigenvalue weighted by Gasteiger charge is 2.15. The fraction of sp³-hybridized carbons (Fsp3) is 0.333. The van der Waals surface area contributed by atoms with E-state index in [1.54, 1.807) is 0 Å². The van der Waals surface area contributed by atoms with Crippen molar-refractivity contribution in [1.29, 1.82) is 0 Å². The first kappa shape index (κ1) is 7.19. The molecule has 2 N–H and O–H groups in total. The third kappa shape index (κ3) is 1.28. The van der Waals surface area contributed by atoms with Gasteiger partial charge in [0, 0.05) is 0 Å². The molecule has 11 heavy (non-hydrogen) atoms. The van der Waals surface area contributed by atoms with Gasteiger partial charge in [-0.2, -0.15) is 0 Å². The summed E-state index contributed by atoms with van der Waals surface area (Å²) in [5.41, 5.74) is 8.66. The molecular formula is C9H11NS. The third-order valence-corrected chi connectivity index (χ3v) is 3.08. The zero-order valence-corrected chi connectivity index (χ0v) is 7.10. The van der Waals surface area contributed by atoms with Crippen molar-refractivity contribution in [2.24, 2.45) is 5.73 Å². The molecule has 0 amide bonds. The number of thioether (sulfide) groups is 1. The summed E-state index contributed by atoms with van der Waals surface area (Å²) < 4.78 is 0. The minimum absolute atomic E-state index is 0.208. The molecule has 1 atom stereocenters. The molecule has 1 aliphatic rings. The summed E-state index contributed by atoms with van der Waals surface area (Å²) in [5.74, 6) is 1.16. The number of nitrogens with two attached hydrogens (primary N) is 1. The molecule has 1 aliphatic heterocycles. The quantitative estimate of drug-likeness (QED) is 0.635. The van der Waals surface area contributed by atoms with Crippen LogP contribution in [0.2, 0.25) is 0 Å². The lowest BCUT2D eigenvalue weighted by Crippen LogP contribution is -2.14. The molecule has 1 aromatic carbocycles. The molecule has 1 aromatic rings. The van der Waals surface area contributed by atoms with Crippen molar-refractivity contribution in [2.75, 3.05) is 5.75 Å². The second-order valence-electron chi connectivity index (χ2n) is 2.74. The highest BCUT2D eigenvalue weighted by atomic mass is 32.2. The van der Waals surface area contributed by atoms with Crippen molar-refractivity contribution >= 4 is 11.8 Å². The predicted molar refractivity (Wildman–Crippen MR) is 49.5 cm³/mol. The van der Waals surface area contributed by atoms with E-state index in [9.17, 15) is 0 Å². The molecule has 1 heterocycles. The Labute approximate surface area is 71.0 Å². The largest absolute Gasteiger partial charge is 0.316 e. The van der Waals surface area contributed by atoms with Gasteiger partial charge >= 0.3 is 0 Å². The van der Waals surface area contributed by atoms with E-state index in [-0.39, 0.29) is 5.37 Å². The Balaban J connectivity index is 2.44. The van der Waals surface area contributed by atoms with Gasteiger partial charge in [-0.1, -0.05) is 24.3 Å². The lowest BCUT2D eigenvalue weighted by molar-refractivity contribution is 0.949. The molecule has 0 radical (unpaired) electrons. The van der Waals surface area contributed by atoms with E-state index in [0.717, 1.165) is 5.75 Å². The van der Waals surface area contributed by atoms with Crippen LogP contribution in [0.25, 0.3) is 0 Å². The van der Waals surface area contributed by atoms with E-state index in [2.05, 4.69) is 24.3 Å². The topological polar surface area (TPSA) is 26.0 Å². The number of aryl methyl sites for hydroxylation is 1. The van der Waals surface area contributed by atoms with Gasteiger partial charge in [-0.15, -0.1) is 11.8 Å². The highest BCUT2D eigenvalue weighted by molar-refractivity contribution is 7.99. The van der Waals surface area contributed by atoms with Crippen LogP contribution in [-0.4, -0.2) is 5.75 Å². The van der Waals surface area contributed by atoms with Gasteiger partial charge in [0.15, 0.2) is 0 Å². The van der Waals surface area contributed by atoms with Gasteiger partial charge in [0.25, 0.3) is 0 Å². The van der Waals surface area contributed by atoms with Crippen LogP contribution in [0.4, 0.5) is 0 Å². The maximum atomic E-state index is 5.91. The summed E-state index contributed by atoms with van der Waals surface area (Å²) in [6, 6.07) is 8.45. The normalized spacial score (nSPS) is 22.8. The molecule has 0 saturated heterocycles. The number of hydrogen-bond acceptors (Lipinski definition) is 2. The molecular weight excluding hydrogens is 154 g/mol. The fourth-order valence-corrected chi connectivity index (χ4v) is 2.43. The molecule has 0 saturated carbocycles. The average molecular weight is 165 g/mol. The summed E-state index contributed by atoms with van der Waals surface area (Å²) >= 11 is 1.84. The Morgan fingerprint density at radius 2 is 2.18 bits per heavy atom.